The number of aromatic nitrogens is 1. The molecule has 1 amide bonds. The maximum atomic E-state index is 13.3. The molecule has 1 aromatic heterocycles. The molecule has 0 aliphatic rings. The van der Waals surface area contributed by atoms with Crippen molar-refractivity contribution in [2.45, 2.75) is 31.7 Å². The molecule has 1 aromatic carbocycles. The first-order valence-electron chi connectivity index (χ1n) is 7.79. The minimum Gasteiger partial charge on any atom is -0.496 e. The number of anilines is 1. The molecule has 0 fully saturated rings. The standard InChI is InChI=1S/C17H20FN3O4S/c1-10(2)21-26(23,24)12-5-7-15(25-4)13(9-12)17(22)20-16-8-6-14(18)11(3)19-16/h5-10,21H,1-4H3,(H,19,20,22). The van der Waals surface area contributed by atoms with Gasteiger partial charge in [-0.2, -0.15) is 0 Å². The molecule has 7 nitrogen and oxygen atoms in total. The molecule has 0 spiro atoms. The van der Waals surface area contributed by atoms with Crippen LogP contribution in [0.4, 0.5) is 10.2 Å². The van der Waals surface area contributed by atoms with E-state index < -0.39 is 21.7 Å². The van der Waals surface area contributed by atoms with Crippen LogP contribution in [-0.2, 0) is 10.0 Å². The fourth-order valence-electron chi connectivity index (χ4n) is 2.21. The van der Waals surface area contributed by atoms with Gasteiger partial charge in [-0.1, -0.05) is 0 Å². The third-order valence-electron chi connectivity index (χ3n) is 3.38. The molecule has 2 rings (SSSR count). The number of nitrogens with one attached hydrogen (secondary N) is 2. The Morgan fingerprint density at radius 1 is 1.23 bits per heavy atom. The van der Waals surface area contributed by atoms with E-state index in [9.17, 15) is 17.6 Å². The summed E-state index contributed by atoms with van der Waals surface area (Å²) < 4.78 is 45.5. The topological polar surface area (TPSA) is 97.4 Å². The third-order valence-corrected chi connectivity index (χ3v) is 5.04. The molecule has 0 saturated carbocycles. The minimum atomic E-state index is -3.78. The maximum absolute atomic E-state index is 13.3. The average Bonchev–Trinajstić information content (AvgIpc) is 2.56. The Labute approximate surface area is 151 Å². The SMILES string of the molecule is COc1ccc(S(=O)(=O)NC(C)C)cc1C(=O)Nc1ccc(F)c(C)n1. The summed E-state index contributed by atoms with van der Waals surface area (Å²) in [6.07, 6.45) is 0. The fourth-order valence-corrected chi connectivity index (χ4v) is 3.48. The van der Waals surface area contributed by atoms with Crippen molar-refractivity contribution in [1.82, 2.24) is 9.71 Å². The van der Waals surface area contributed by atoms with Gasteiger partial charge in [0.2, 0.25) is 10.0 Å². The highest BCUT2D eigenvalue weighted by molar-refractivity contribution is 7.89. The third kappa shape index (κ3) is 4.55. The van der Waals surface area contributed by atoms with Gasteiger partial charge in [-0.3, -0.25) is 4.79 Å². The van der Waals surface area contributed by atoms with Gasteiger partial charge in [-0.15, -0.1) is 0 Å². The normalized spacial score (nSPS) is 11.5. The second-order valence-corrected chi connectivity index (χ2v) is 7.57. The molecule has 9 heteroatoms. The predicted octanol–water partition coefficient (Wildman–Crippen LogP) is 2.48. The van der Waals surface area contributed by atoms with Crippen LogP contribution in [0.3, 0.4) is 0 Å². The van der Waals surface area contributed by atoms with E-state index in [2.05, 4.69) is 15.0 Å². The molecule has 2 aromatic rings. The Bertz CT molecular complexity index is 930. The second kappa shape index (κ2) is 7.79. The molecule has 26 heavy (non-hydrogen) atoms. The Morgan fingerprint density at radius 3 is 2.50 bits per heavy atom. The summed E-state index contributed by atoms with van der Waals surface area (Å²) in [5, 5.41) is 2.51. The Hall–Kier alpha value is -2.52. The lowest BCUT2D eigenvalue weighted by Gasteiger charge is -2.13. The Kier molecular flexibility index (Phi) is 5.94. The molecule has 0 aliphatic carbocycles. The van der Waals surface area contributed by atoms with Gasteiger partial charge < -0.3 is 10.1 Å². The number of pyridine rings is 1. The van der Waals surface area contributed by atoms with Crippen LogP contribution < -0.4 is 14.8 Å². The van der Waals surface area contributed by atoms with Crippen LogP contribution in [0.25, 0.3) is 0 Å². The first-order valence-corrected chi connectivity index (χ1v) is 9.27. The number of amides is 1. The number of benzene rings is 1. The van der Waals surface area contributed by atoms with E-state index in [1.807, 2.05) is 0 Å². The predicted molar refractivity (Wildman–Crippen MR) is 95.3 cm³/mol. The van der Waals surface area contributed by atoms with Gasteiger partial charge in [0.15, 0.2) is 0 Å². The lowest BCUT2D eigenvalue weighted by Crippen LogP contribution is -2.30. The number of rotatable bonds is 6. The Morgan fingerprint density at radius 2 is 1.92 bits per heavy atom. The zero-order valence-corrected chi connectivity index (χ0v) is 15.6. The highest BCUT2D eigenvalue weighted by Gasteiger charge is 2.21. The summed E-state index contributed by atoms with van der Waals surface area (Å²) in [4.78, 5) is 16.4. The number of carbonyl (C=O) groups is 1. The van der Waals surface area contributed by atoms with Crippen LogP contribution in [0.5, 0.6) is 5.75 Å². The number of sulfonamides is 1. The van der Waals surface area contributed by atoms with Crippen LogP contribution in [-0.4, -0.2) is 32.5 Å². The number of nitrogens with zero attached hydrogens (tertiary/aromatic N) is 1. The number of methoxy groups -OCH3 is 1. The average molecular weight is 381 g/mol. The van der Waals surface area contributed by atoms with Crippen molar-refractivity contribution in [3.63, 3.8) is 0 Å². The van der Waals surface area contributed by atoms with Crippen LogP contribution in [0, 0.1) is 12.7 Å². The van der Waals surface area contributed by atoms with E-state index in [0.717, 1.165) is 0 Å². The van der Waals surface area contributed by atoms with E-state index in [4.69, 9.17) is 4.74 Å². The van der Waals surface area contributed by atoms with Gasteiger partial charge >= 0.3 is 0 Å². The van der Waals surface area contributed by atoms with Crippen molar-refractivity contribution in [3.05, 3.63) is 47.4 Å². The van der Waals surface area contributed by atoms with Crippen molar-refractivity contribution >= 4 is 21.7 Å². The fraction of sp³-hybridized carbons (Fsp3) is 0.294. The smallest absolute Gasteiger partial charge is 0.260 e. The van der Waals surface area contributed by atoms with E-state index in [0.29, 0.717) is 0 Å². The van der Waals surface area contributed by atoms with Gasteiger partial charge in [0.05, 0.1) is 23.3 Å². The van der Waals surface area contributed by atoms with Crippen LogP contribution >= 0.6 is 0 Å². The molecule has 0 unspecified atom stereocenters. The summed E-state index contributed by atoms with van der Waals surface area (Å²) in [6, 6.07) is 6.16. The maximum Gasteiger partial charge on any atom is 0.260 e. The molecule has 2 N–H and O–H groups in total. The van der Waals surface area contributed by atoms with Gasteiger partial charge in [0, 0.05) is 6.04 Å². The van der Waals surface area contributed by atoms with Crippen LogP contribution in [0.1, 0.15) is 29.9 Å². The first kappa shape index (κ1) is 19.8. The quantitative estimate of drug-likeness (QED) is 0.801. The lowest BCUT2D eigenvalue weighted by molar-refractivity contribution is 0.102. The second-order valence-electron chi connectivity index (χ2n) is 5.86. The monoisotopic (exact) mass is 381 g/mol. The van der Waals surface area contributed by atoms with Crippen molar-refractivity contribution in [1.29, 1.82) is 0 Å². The molecule has 0 aliphatic heterocycles. The summed E-state index contributed by atoms with van der Waals surface area (Å²) in [5.74, 6) is -0.773. The van der Waals surface area contributed by atoms with Gasteiger partial charge in [-0.05, 0) is 51.1 Å². The van der Waals surface area contributed by atoms with E-state index in [-0.39, 0.29) is 33.8 Å². The molecule has 1 heterocycles. The van der Waals surface area contributed by atoms with Crippen molar-refractivity contribution in [2.24, 2.45) is 0 Å². The van der Waals surface area contributed by atoms with Gasteiger partial charge in [-0.25, -0.2) is 22.5 Å². The van der Waals surface area contributed by atoms with Crippen molar-refractivity contribution < 1.29 is 22.3 Å². The van der Waals surface area contributed by atoms with E-state index in [1.54, 1.807) is 13.8 Å². The summed E-state index contributed by atoms with van der Waals surface area (Å²) in [7, 11) is -2.41. The van der Waals surface area contributed by atoms with E-state index in [1.165, 1.54) is 44.4 Å². The largest absolute Gasteiger partial charge is 0.496 e. The zero-order chi connectivity index (χ0) is 19.5. The molecular weight excluding hydrogens is 361 g/mol. The summed E-state index contributed by atoms with van der Waals surface area (Å²) >= 11 is 0. The number of hydrogen-bond donors (Lipinski definition) is 2. The van der Waals surface area contributed by atoms with E-state index >= 15 is 0 Å². The minimum absolute atomic E-state index is 0.0166. The van der Waals surface area contributed by atoms with Gasteiger partial charge in [0.25, 0.3) is 5.91 Å². The molecule has 0 radical (unpaired) electrons. The van der Waals surface area contributed by atoms with Crippen molar-refractivity contribution in [3.8, 4) is 5.75 Å². The number of ether oxygens (including phenoxy) is 1. The number of aryl methyl sites for hydroxylation is 1. The van der Waals surface area contributed by atoms with Crippen molar-refractivity contribution in [2.75, 3.05) is 12.4 Å². The molecule has 140 valence electrons. The zero-order valence-electron chi connectivity index (χ0n) is 14.8. The van der Waals surface area contributed by atoms with Crippen LogP contribution in [0.2, 0.25) is 0 Å². The number of carbonyl (C=O) groups excluding carboxylic acids is 1. The Balaban J connectivity index is 2.38. The molecular formula is C17H20FN3O4S. The molecule has 0 bridgehead atoms. The van der Waals surface area contributed by atoms with Gasteiger partial charge in [0.1, 0.15) is 17.4 Å². The van der Waals surface area contributed by atoms with Crippen LogP contribution in [0.15, 0.2) is 35.2 Å². The molecule has 0 atom stereocenters. The molecule has 0 saturated heterocycles. The highest BCUT2D eigenvalue weighted by atomic mass is 32.2. The summed E-state index contributed by atoms with van der Waals surface area (Å²) in [6.45, 7) is 4.85. The summed E-state index contributed by atoms with van der Waals surface area (Å²) in [5.41, 5.74) is 0.148. The number of hydrogen-bond acceptors (Lipinski definition) is 5. The first-order chi connectivity index (χ1) is 12.1. The number of halogens is 1. The highest BCUT2D eigenvalue weighted by Crippen LogP contribution is 2.24. The lowest BCUT2D eigenvalue weighted by atomic mass is 10.2.